The number of hydrogen-bond donors (Lipinski definition) is 1. The van der Waals surface area contributed by atoms with E-state index in [4.69, 9.17) is 21.0 Å². The number of likely N-dealkylation sites (N-methyl/N-ethyl adjacent to an activating group) is 1. The third-order valence-electron chi connectivity index (χ3n) is 5.23. The summed E-state index contributed by atoms with van der Waals surface area (Å²) < 4.78 is 5.88. The maximum atomic E-state index is 13.0. The number of aryl methyl sites for hydroxylation is 2. The van der Waals surface area contributed by atoms with Gasteiger partial charge in [0.05, 0.1) is 21.2 Å². The molecule has 1 fully saturated rings. The van der Waals surface area contributed by atoms with Gasteiger partial charge in [-0.15, -0.1) is 0 Å². The molecule has 0 radical (unpaired) electrons. The molecular weight excluding hydrogens is 460 g/mol. The van der Waals surface area contributed by atoms with Crippen LogP contribution in [-0.2, 0) is 4.79 Å². The lowest BCUT2D eigenvalue weighted by molar-refractivity contribution is -0.122. The molecule has 1 aliphatic heterocycles. The Kier molecular flexibility index (Phi) is 6.44. The van der Waals surface area contributed by atoms with Gasteiger partial charge < -0.3 is 9.52 Å². The van der Waals surface area contributed by atoms with E-state index >= 15 is 0 Å². The van der Waals surface area contributed by atoms with Crippen molar-refractivity contribution in [2.75, 3.05) is 6.54 Å². The van der Waals surface area contributed by atoms with E-state index in [0.717, 1.165) is 16.8 Å². The van der Waals surface area contributed by atoms with Crippen molar-refractivity contribution < 1.29 is 19.1 Å². The summed E-state index contributed by atoms with van der Waals surface area (Å²) >= 11 is 7.26. The first-order valence-corrected chi connectivity index (χ1v) is 11.5. The van der Waals surface area contributed by atoms with Gasteiger partial charge >= 0.3 is 5.97 Å². The van der Waals surface area contributed by atoms with Crippen molar-refractivity contribution in [3.8, 4) is 11.3 Å². The summed E-state index contributed by atoms with van der Waals surface area (Å²) in [7, 11) is 0. The number of rotatable bonds is 5. The molecule has 1 amide bonds. The molecule has 8 heteroatoms. The zero-order valence-corrected chi connectivity index (χ0v) is 19.8. The standard InChI is InChI=1S/C25H21ClN2O4S/c1-4-28-23(29)21(33-25(28)27-22-14(2)6-5-7-15(22)3)13-17-9-11-20(32-17)16-8-10-19(26)18(12-16)24(30)31/h5-13H,4H2,1-3H3,(H,30,31)/b21-13+,27-25?. The SMILES string of the molecule is CCN1C(=O)/C(=C\c2ccc(-c3ccc(Cl)c(C(=O)O)c3)o2)SC1=Nc1c(C)cccc1C. The van der Waals surface area contributed by atoms with Crippen molar-refractivity contribution in [2.24, 2.45) is 4.99 Å². The molecule has 0 aliphatic carbocycles. The van der Waals surface area contributed by atoms with Crippen LogP contribution in [-0.4, -0.2) is 33.6 Å². The highest BCUT2D eigenvalue weighted by Gasteiger charge is 2.32. The van der Waals surface area contributed by atoms with Crippen LogP contribution in [0, 0.1) is 13.8 Å². The number of nitrogens with zero attached hydrogens (tertiary/aromatic N) is 2. The largest absolute Gasteiger partial charge is 0.478 e. The molecule has 1 N–H and O–H groups in total. The van der Waals surface area contributed by atoms with Crippen LogP contribution in [0.3, 0.4) is 0 Å². The van der Waals surface area contributed by atoms with E-state index in [2.05, 4.69) is 0 Å². The van der Waals surface area contributed by atoms with E-state index in [0.29, 0.717) is 33.7 Å². The molecule has 2 heterocycles. The molecule has 0 unspecified atom stereocenters. The highest BCUT2D eigenvalue weighted by atomic mass is 35.5. The molecule has 0 saturated carbocycles. The quantitative estimate of drug-likeness (QED) is 0.419. The molecule has 1 saturated heterocycles. The number of carboxylic acids is 1. The fourth-order valence-corrected chi connectivity index (χ4v) is 4.73. The zero-order chi connectivity index (χ0) is 23.7. The maximum Gasteiger partial charge on any atom is 0.337 e. The number of thioether (sulfide) groups is 1. The second-order valence-corrected chi connectivity index (χ2v) is 8.91. The molecule has 0 atom stereocenters. The number of hydrogen-bond acceptors (Lipinski definition) is 5. The van der Waals surface area contributed by atoms with Gasteiger partial charge in [-0.1, -0.05) is 29.8 Å². The van der Waals surface area contributed by atoms with Crippen LogP contribution in [0.2, 0.25) is 5.02 Å². The van der Waals surface area contributed by atoms with Gasteiger partial charge in [0.25, 0.3) is 5.91 Å². The summed E-state index contributed by atoms with van der Waals surface area (Å²) in [6.07, 6.45) is 1.68. The normalized spacial score (nSPS) is 16.2. The first kappa shape index (κ1) is 22.9. The van der Waals surface area contributed by atoms with Crippen molar-refractivity contribution >= 4 is 52.2 Å². The molecule has 0 bridgehead atoms. The monoisotopic (exact) mass is 480 g/mol. The average molecular weight is 481 g/mol. The minimum absolute atomic E-state index is 0.00191. The van der Waals surface area contributed by atoms with Crippen molar-refractivity contribution in [1.82, 2.24) is 4.90 Å². The number of amides is 1. The molecule has 3 aromatic rings. The molecule has 33 heavy (non-hydrogen) atoms. The minimum atomic E-state index is -1.11. The van der Waals surface area contributed by atoms with Crippen molar-refractivity contribution in [3.63, 3.8) is 0 Å². The van der Waals surface area contributed by atoms with Crippen molar-refractivity contribution in [1.29, 1.82) is 0 Å². The third-order valence-corrected chi connectivity index (χ3v) is 6.57. The molecule has 1 aliphatic rings. The molecule has 2 aromatic carbocycles. The second-order valence-electron chi connectivity index (χ2n) is 7.50. The lowest BCUT2D eigenvalue weighted by Crippen LogP contribution is -2.28. The number of carbonyl (C=O) groups excluding carboxylic acids is 1. The Morgan fingerprint density at radius 3 is 2.58 bits per heavy atom. The topological polar surface area (TPSA) is 83.1 Å². The summed E-state index contributed by atoms with van der Waals surface area (Å²) in [4.78, 5) is 31.3. The number of furan rings is 1. The summed E-state index contributed by atoms with van der Waals surface area (Å²) in [5.74, 6) is -0.283. The number of benzene rings is 2. The first-order chi connectivity index (χ1) is 15.8. The Hall–Kier alpha value is -3.29. The van der Waals surface area contributed by atoms with Crippen LogP contribution in [0.1, 0.15) is 34.2 Å². The van der Waals surface area contributed by atoms with E-state index < -0.39 is 5.97 Å². The Morgan fingerprint density at radius 1 is 1.18 bits per heavy atom. The number of para-hydroxylation sites is 1. The molecule has 0 spiro atoms. The van der Waals surface area contributed by atoms with E-state index in [-0.39, 0.29) is 16.5 Å². The lowest BCUT2D eigenvalue weighted by atomic mass is 10.1. The van der Waals surface area contributed by atoms with Crippen molar-refractivity contribution in [2.45, 2.75) is 20.8 Å². The van der Waals surface area contributed by atoms with Gasteiger partial charge in [-0.05, 0) is 74.0 Å². The van der Waals surface area contributed by atoms with Crippen LogP contribution in [0.4, 0.5) is 5.69 Å². The van der Waals surface area contributed by atoms with Crippen LogP contribution in [0.25, 0.3) is 17.4 Å². The van der Waals surface area contributed by atoms with Crippen LogP contribution >= 0.6 is 23.4 Å². The van der Waals surface area contributed by atoms with Gasteiger partial charge in [0, 0.05) is 18.2 Å². The predicted molar refractivity (Wildman–Crippen MR) is 132 cm³/mol. The zero-order valence-electron chi connectivity index (χ0n) is 18.3. The minimum Gasteiger partial charge on any atom is -0.478 e. The highest BCUT2D eigenvalue weighted by Crippen LogP contribution is 2.36. The van der Waals surface area contributed by atoms with Gasteiger partial charge in [0.15, 0.2) is 5.17 Å². The number of carbonyl (C=O) groups is 2. The molecule has 4 rings (SSSR count). The summed E-state index contributed by atoms with van der Waals surface area (Å²) in [6, 6.07) is 14.1. The number of amidine groups is 1. The Morgan fingerprint density at radius 2 is 1.91 bits per heavy atom. The third kappa shape index (κ3) is 4.60. The van der Waals surface area contributed by atoms with Gasteiger partial charge in [0.2, 0.25) is 0 Å². The van der Waals surface area contributed by atoms with Gasteiger partial charge in [0.1, 0.15) is 11.5 Å². The maximum absolute atomic E-state index is 13.0. The smallest absolute Gasteiger partial charge is 0.337 e. The Labute approximate surface area is 200 Å². The summed E-state index contributed by atoms with van der Waals surface area (Å²) in [6.45, 7) is 6.40. The van der Waals surface area contributed by atoms with E-state index in [1.54, 1.807) is 29.2 Å². The Balaban J connectivity index is 1.65. The number of aliphatic imine (C=N–C) groups is 1. The fourth-order valence-electron chi connectivity index (χ4n) is 3.51. The van der Waals surface area contributed by atoms with Gasteiger partial charge in [-0.25, -0.2) is 9.79 Å². The highest BCUT2D eigenvalue weighted by molar-refractivity contribution is 8.18. The average Bonchev–Trinajstić information content (AvgIpc) is 3.35. The second kappa shape index (κ2) is 9.29. The molecular formula is C25H21ClN2O4S. The summed E-state index contributed by atoms with van der Waals surface area (Å²) in [5.41, 5.74) is 3.54. The lowest BCUT2D eigenvalue weighted by Gasteiger charge is -2.13. The van der Waals surface area contributed by atoms with Crippen LogP contribution < -0.4 is 0 Å². The molecule has 6 nitrogen and oxygen atoms in total. The van der Waals surface area contributed by atoms with Crippen LogP contribution in [0.15, 0.2) is 62.8 Å². The van der Waals surface area contributed by atoms with E-state index in [1.807, 2.05) is 39.0 Å². The first-order valence-electron chi connectivity index (χ1n) is 10.3. The number of carboxylic acid groups (broad SMARTS) is 1. The number of aromatic carboxylic acids is 1. The van der Waals surface area contributed by atoms with E-state index in [9.17, 15) is 14.7 Å². The molecule has 168 valence electrons. The molecule has 1 aromatic heterocycles. The Bertz CT molecular complexity index is 1310. The van der Waals surface area contributed by atoms with E-state index in [1.165, 1.54) is 23.9 Å². The van der Waals surface area contributed by atoms with Crippen molar-refractivity contribution in [3.05, 3.63) is 80.9 Å². The van der Waals surface area contributed by atoms with Crippen LogP contribution in [0.5, 0.6) is 0 Å². The predicted octanol–water partition coefficient (Wildman–Crippen LogP) is 6.54. The summed E-state index contributed by atoms with van der Waals surface area (Å²) in [5, 5.41) is 10.1. The number of halogens is 1. The fraction of sp³-hybridized carbons (Fsp3) is 0.160. The van der Waals surface area contributed by atoms with Gasteiger partial charge in [-0.2, -0.15) is 0 Å². The van der Waals surface area contributed by atoms with Gasteiger partial charge in [-0.3, -0.25) is 9.69 Å².